The van der Waals surface area contributed by atoms with Gasteiger partial charge >= 0.3 is 13.2 Å². The van der Waals surface area contributed by atoms with Crippen molar-refractivity contribution in [3.05, 3.63) is 103 Å². The first-order chi connectivity index (χ1) is 21.8. The molecule has 0 saturated heterocycles. The predicted molar refractivity (Wildman–Crippen MR) is 183 cm³/mol. The zero-order valence-corrected chi connectivity index (χ0v) is 26.0. The second-order valence-electron chi connectivity index (χ2n) is 12.9. The van der Waals surface area contributed by atoms with E-state index in [0.29, 0.717) is 0 Å². The third kappa shape index (κ3) is 5.99. The molecule has 0 unspecified atom stereocenters. The number of ether oxygens (including phenoxy) is 1. The highest BCUT2D eigenvalue weighted by molar-refractivity contribution is 6.64. The first-order valence-electron chi connectivity index (χ1n) is 15.8. The number of hydrogen-bond donors (Lipinski definition) is 1. The van der Waals surface area contributed by atoms with Gasteiger partial charge in [0.2, 0.25) is 0 Å². The molecule has 1 fully saturated rings. The van der Waals surface area contributed by atoms with Crippen LogP contribution >= 0.6 is 0 Å². The Bertz CT molecular complexity index is 1830. The fourth-order valence-electron chi connectivity index (χ4n) is 6.53. The van der Waals surface area contributed by atoms with Crippen LogP contribution in [0, 0.1) is 0 Å². The quantitative estimate of drug-likeness (QED) is 0.168. The fourth-order valence-corrected chi connectivity index (χ4v) is 6.53. The molecule has 45 heavy (non-hydrogen) atoms. The highest BCUT2D eigenvalue weighted by atomic mass is 16.6. The van der Waals surface area contributed by atoms with Gasteiger partial charge in [-0.1, -0.05) is 97.8 Å². The van der Waals surface area contributed by atoms with Crippen LogP contribution in [0.15, 0.2) is 102 Å². The van der Waals surface area contributed by atoms with Gasteiger partial charge in [0, 0.05) is 22.8 Å². The molecule has 0 radical (unpaired) electrons. The lowest BCUT2D eigenvalue weighted by molar-refractivity contribution is 0.0486. The molecule has 2 aliphatic rings. The van der Waals surface area contributed by atoms with E-state index >= 15 is 0 Å². The van der Waals surface area contributed by atoms with Crippen LogP contribution in [-0.4, -0.2) is 37.1 Å². The van der Waals surface area contributed by atoms with Gasteiger partial charge in [0.15, 0.2) is 0 Å². The third-order valence-electron chi connectivity index (χ3n) is 8.59. The number of fused-ring (bicyclic) bond motifs is 7. The van der Waals surface area contributed by atoms with Crippen LogP contribution in [0.2, 0.25) is 0 Å². The SMILES string of the molecule is CC(C)(C)OC(=O)N[C@@H]1CCCC[C@H]1N=Cc1ccccc1B1Oc2ccc3ccccc3c2-c2c(ccc3ccccc23)O1. The summed E-state index contributed by atoms with van der Waals surface area (Å²) in [5.74, 6) is 1.55. The molecule has 1 saturated carbocycles. The van der Waals surface area contributed by atoms with Crippen LogP contribution in [0.5, 0.6) is 11.5 Å². The van der Waals surface area contributed by atoms with Crippen molar-refractivity contribution in [2.24, 2.45) is 4.99 Å². The van der Waals surface area contributed by atoms with Crippen molar-refractivity contribution >= 4 is 46.4 Å². The summed E-state index contributed by atoms with van der Waals surface area (Å²) in [5, 5.41) is 7.60. The van der Waals surface area contributed by atoms with E-state index in [1.807, 2.05) is 51.3 Å². The maximum Gasteiger partial charge on any atom is 0.633 e. The van der Waals surface area contributed by atoms with Crippen LogP contribution in [0.1, 0.15) is 52.0 Å². The van der Waals surface area contributed by atoms with Crippen LogP contribution < -0.4 is 20.1 Å². The van der Waals surface area contributed by atoms with E-state index in [2.05, 4.69) is 78.1 Å². The molecule has 1 aliphatic carbocycles. The molecule has 2 atom stereocenters. The second-order valence-corrected chi connectivity index (χ2v) is 12.9. The Hall–Kier alpha value is -4.78. The minimum absolute atomic E-state index is 0.0468. The number of nitrogens with zero attached hydrogens (tertiary/aromatic N) is 1. The Morgan fingerprint density at radius 3 is 2.02 bits per heavy atom. The van der Waals surface area contributed by atoms with Crippen molar-refractivity contribution in [1.82, 2.24) is 5.32 Å². The number of aliphatic imine (C=N–C) groups is 1. The largest absolute Gasteiger partial charge is 0.633 e. The van der Waals surface area contributed by atoms with Gasteiger partial charge in [-0.05, 0) is 72.9 Å². The Labute approximate surface area is 264 Å². The van der Waals surface area contributed by atoms with Crippen LogP contribution in [0.4, 0.5) is 4.79 Å². The molecule has 0 bridgehead atoms. The van der Waals surface area contributed by atoms with E-state index in [0.717, 1.165) is 80.9 Å². The average Bonchev–Trinajstić information content (AvgIpc) is 3.21. The average molecular weight is 597 g/mol. The summed E-state index contributed by atoms with van der Waals surface area (Å²) >= 11 is 0. The van der Waals surface area contributed by atoms with E-state index in [1.165, 1.54) is 0 Å². The Morgan fingerprint density at radius 1 is 0.800 bits per heavy atom. The van der Waals surface area contributed by atoms with Gasteiger partial charge in [-0.2, -0.15) is 0 Å². The topological polar surface area (TPSA) is 69.2 Å². The molecule has 1 amide bonds. The summed E-state index contributed by atoms with van der Waals surface area (Å²) in [6, 6.07) is 33.1. The molecule has 226 valence electrons. The van der Waals surface area contributed by atoms with E-state index < -0.39 is 18.8 Å². The number of alkyl carbamates (subject to hydrolysis) is 1. The molecular formula is C38H37BN2O4. The Kier molecular flexibility index (Phi) is 7.70. The maximum absolute atomic E-state index is 12.6. The molecule has 0 aromatic heterocycles. The second kappa shape index (κ2) is 12.0. The fraction of sp³-hybridized carbons (Fsp3) is 0.263. The van der Waals surface area contributed by atoms with Crippen LogP contribution in [-0.2, 0) is 4.74 Å². The van der Waals surface area contributed by atoms with Gasteiger partial charge in [-0.3, -0.25) is 4.99 Å². The number of nitrogens with one attached hydrogen (secondary N) is 1. The summed E-state index contributed by atoms with van der Waals surface area (Å²) in [6.45, 7) is 5.62. The van der Waals surface area contributed by atoms with Crippen molar-refractivity contribution < 1.29 is 18.8 Å². The summed E-state index contributed by atoms with van der Waals surface area (Å²) in [4.78, 5) is 17.6. The number of hydrogen-bond acceptors (Lipinski definition) is 5. The number of carbonyl (C=O) groups is 1. The zero-order valence-electron chi connectivity index (χ0n) is 26.0. The maximum atomic E-state index is 12.6. The lowest BCUT2D eigenvalue weighted by Crippen LogP contribution is -2.46. The van der Waals surface area contributed by atoms with Gasteiger partial charge in [0.05, 0.1) is 12.1 Å². The van der Waals surface area contributed by atoms with E-state index in [9.17, 15) is 4.79 Å². The number of amides is 1. The molecule has 5 aromatic carbocycles. The molecular weight excluding hydrogens is 559 g/mol. The number of carbonyl (C=O) groups excluding carboxylic acids is 1. The monoisotopic (exact) mass is 596 g/mol. The highest BCUT2D eigenvalue weighted by Crippen LogP contribution is 2.47. The van der Waals surface area contributed by atoms with Gasteiger partial charge in [0.1, 0.15) is 17.1 Å². The minimum atomic E-state index is -0.697. The van der Waals surface area contributed by atoms with Gasteiger partial charge in [-0.15, -0.1) is 0 Å². The molecule has 0 spiro atoms. The molecule has 1 aliphatic heterocycles. The van der Waals surface area contributed by atoms with Crippen molar-refractivity contribution in [3.63, 3.8) is 0 Å². The first-order valence-corrected chi connectivity index (χ1v) is 15.8. The number of rotatable bonds is 4. The lowest BCUT2D eigenvalue weighted by Gasteiger charge is -2.30. The summed E-state index contributed by atoms with van der Waals surface area (Å²) in [7, 11) is -0.697. The Balaban J connectivity index is 1.26. The minimum Gasteiger partial charge on any atom is -0.521 e. The zero-order chi connectivity index (χ0) is 31.0. The standard InChI is InChI=1S/C38H37BN2O4/c1-38(2,3)43-37(42)41-32-19-11-10-18-31(32)40-24-27-14-6-9-17-30(27)39-44-33-22-20-25-12-4-7-15-28(25)35(33)36-29-16-8-5-13-26(29)21-23-34(36)45-39/h4-9,12-17,20-24,31-32H,10-11,18-19H2,1-3H3,(H,41,42)/t31-,32-/m1/s1. The van der Waals surface area contributed by atoms with Crippen LogP contribution in [0.25, 0.3) is 32.7 Å². The van der Waals surface area contributed by atoms with Crippen molar-refractivity contribution in [3.8, 4) is 22.6 Å². The molecule has 7 rings (SSSR count). The van der Waals surface area contributed by atoms with Gasteiger partial charge in [0.25, 0.3) is 0 Å². The molecule has 1 heterocycles. The highest BCUT2D eigenvalue weighted by Gasteiger charge is 2.35. The van der Waals surface area contributed by atoms with Crippen molar-refractivity contribution in [1.29, 1.82) is 0 Å². The molecule has 5 aromatic rings. The van der Waals surface area contributed by atoms with Gasteiger partial charge < -0.3 is 19.4 Å². The first kappa shape index (κ1) is 29.0. The van der Waals surface area contributed by atoms with Gasteiger partial charge in [-0.25, -0.2) is 4.79 Å². The predicted octanol–water partition coefficient (Wildman–Crippen LogP) is 8.08. The van der Waals surface area contributed by atoms with E-state index in [4.69, 9.17) is 19.0 Å². The van der Waals surface area contributed by atoms with E-state index in [-0.39, 0.29) is 12.1 Å². The van der Waals surface area contributed by atoms with Crippen molar-refractivity contribution in [2.45, 2.75) is 64.1 Å². The summed E-state index contributed by atoms with van der Waals surface area (Å²) in [5.41, 5.74) is 3.31. The smallest absolute Gasteiger partial charge is 0.521 e. The molecule has 6 nitrogen and oxygen atoms in total. The molecule has 7 heteroatoms. The molecule has 1 N–H and O–H groups in total. The summed E-state index contributed by atoms with van der Waals surface area (Å²) < 4.78 is 19.1. The van der Waals surface area contributed by atoms with Crippen LogP contribution in [0.3, 0.4) is 0 Å². The lowest BCUT2D eigenvalue weighted by atomic mass is 9.75. The number of benzene rings is 5. The Morgan fingerprint density at radius 2 is 1.38 bits per heavy atom. The summed E-state index contributed by atoms with van der Waals surface area (Å²) in [6.07, 6.45) is 5.40. The third-order valence-corrected chi connectivity index (χ3v) is 8.59. The normalized spacial score (nSPS) is 18.1. The van der Waals surface area contributed by atoms with Crippen molar-refractivity contribution in [2.75, 3.05) is 0 Å². The van der Waals surface area contributed by atoms with E-state index in [1.54, 1.807) is 0 Å².